The van der Waals surface area contributed by atoms with Crippen LogP contribution >= 0.6 is 11.8 Å². The summed E-state index contributed by atoms with van der Waals surface area (Å²) in [6, 6.07) is 1.96. The Morgan fingerprint density at radius 3 is 3.00 bits per heavy atom. The summed E-state index contributed by atoms with van der Waals surface area (Å²) < 4.78 is 2.33. The molecule has 0 aliphatic carbocycles. The molecule has 1 aromatic heterocycles. The van der Waals surface area contributed by atoms with Gasteiger partial charge in [0, 0.05) is 43.8 Å². The Morgan fingerprint density at radius 1 is 1.52 bits per heavy atom. The van der Waals surface area contributed by atoms with Crippen molar-refractivity contribution in [2.75, 3.05) is 25.9 Å². The molecule has 1 fully saturated rings. The van der Waals surface area contributed by atoms with Crippen molar-refractivity contribution in [3.63, 3.8) is 0 Å². The van der Waals surface area contributed by atoms with Gasteiger partial charge in [0.2, 0.25) is 0 Å². The third-order valence-electron chi connectivity index (χ3n) is 3.83. The largest absolute Gasteiger partial charge is 0.356 e. The molecule has 0 aromatic carbocycles. The molecule has 118 valence electrons. The van der Waals surface area contributed by atoms with Crippen LogP contribution in [0.1, 0.15) is 26.7 Å². The van der Waals surface area contributed by atoms with E-state index in [2.05, 4.69) is 46.3 Å². The van der Waals surface area contributed by atoms with Crippen molar-refractivity contribution in [3.8, 4) is 0 Å². The maximum absolute atomic E-state index is 4.31. The summed E-state index contributed by atoms with van der Waals surface area (Å²) in [6.07, 6.45) is 6.44. The van der Waals surface area contributed by atoms with Gasteiger partial charge in [0.25, 0.3) is 0 Å². The maximum Gasteiger partial charge on any atom is 0.191 e. The number of hydrogen-bond acceptors (Lipinski definition) is 3. The fraction of sp³-hybridized carbons (Fsp3) is 0.733. The molecule has 5 nitrogen and oxygen atoms in total. The Kier molecular flexibility index (Phi) is 5.96. The molecule has 2 heterocycles. The van der Waals surface area contributed by atoms with Gasteiger partial charge in [0.15, 0.2) is 5.96 Å². The third-order valence-corrected chi connectivity index (χ3v) is 5.37. The molecule has 0 radical (unpaired) electrons. The van der Waals surface area contributed by atoms with Crippen molar-refractivity contribution < 1.29 is 0 Å². The van der Waals surface area contributed by atoms with Gasteiger partial charge < -0.3 is 10.6 Å². The number of aromatic nitrogens is 2. The van der Waals surface area contributed by atoms with Crippen LogP contribution in [-0.2, 0) is 6.54 Å². The Bertz CT molecular complexity index is 437. The predicted molar refractivity (Wildman–Crippen MR) is 90.9 cm³/mol. The topological polar surface area (TPSA) is 54.2 Å². The van der Waals surface area contributed by atoms with Gasteiger partial charge >= 0.3 is 0 Å². The number of hydrogen-bond donors (Lipinski definition) is 2. The van der Waals surface area contributed by atoms with Crippen molar-refractivity contribution in [2.24, 2.45) is 10.9 Å². The molecule has 2 rings (SSSR count). The molecule has 2 N–H and O–H groups in total. The Hall–Kier alpha value is -1.17. The van der Waals surface area contributed by atoms with E-state index >= 15 is 0 Å². The first kappa shape index (κ1) is 16.2. The summed E-state index contributed by atoms with van der Waals surface area (Å²) in [6.45, 7) is 7.35. The highest BCUT2D eigenvalue weighted by atomic mass is 32.2. The molecular formula is C15H27N5S. The van der Waals surface area contributed by atoms with Crippen molar-refractivity contribution in [3.05, 3.63) is 18.5 Å². The molecule has 1 aromatic rings. The lowest BCUT2D eigenvalue weighted by Crippen LogP contribution is -2.45. The summed E-state index contributed by atoms with van der Waals surface area (Å²) in [4.78, 5) is 4.31. The zero-order valence-corrected chi connectivity index (χ0v) is 14.1. The highest BCUT2D eigenvalue weighted by molar-refractivity contribution is 8.00. The minimum atomic E-state index is 0.359. The molecule has 0 spiro atoms. The molecule has 1 aliphatic heterocycles. The van der Waals surface area contributed by atoms with Gasteiger partial charge in [-0.05, 0) is 37.5 Å². The first-order valence-corrected chi connectivity index (χ1v) is 8.66. The normalized spacial score (nSPS) is 24.0. The molecule has 6 heteroatoms. The number of nitrogens with zero attached hydrogens (tertiary/aromatic N) is 3. The predicted octanol–water partition coefficient (Wildman–Crippen LogP) is 1.97. The molecule has 2 atom stereocenters. The Balaban J connectivity index is 1.70. The summed E-state index contributed by atoms with van der Waals surface area (Å²) >= 11 is 2.07. The molecule has 0 amide bonds. The number of aliphatic imine (C=N–C) groups is 1. The minimum Gasteiger partial charge on any atom is -0.356 e. The first-order valence-electron chi connectivity index (χ1n) is 7.67. The number of guanidine groups is 1. The van der Waals surface area contributed by atoms with Gasteiger partial charge in [-0.15, -0.1) is 0 Å². The lowest BCUT2D eigenvalue weighted by Gasteiger charge is -2.24. The van der Waals surface area contributed by atoms with Crippen molar-refractivity contribution in [1.29, 1.82) is 0 Å². The third kappa shape index (κ3) is 5.26. The van der Waals surface area contributed by atoms with E-state index in [4.69, 9.17) is 0 Å². The van der Waals surface area contributed by atoms with Crippen LogP contribution in [0.2, 0.25) is 0 Å². The SMILES string of the molecule is CN=C(NCC(C)Cn1cccn1)NCC1(C)CCCS1. The second-order valence-corrected chi connectivity index (χ2v) is 7.72. The quantitative estimate of drug-likeness (QED) is 0.623. The van der Waals surface area contributed by atoms with Crippen LogP contribution < -0.4 is 10.6 Å². The molecule has 2 unspecified atom stereocenters. The monoisotopic (exact) mass is 309 g/mol. The maximum atomic E-state index is 4.31. The van der Waals surface area contributed by atoms with E-state index in [1.807, 2.05) is 30.2 Å². The average Bonchev–Trinajstić information content (AvgIpc) is 3.11. The summed E-state index contributed by atoms with van der Waals surface area (Å²) in [5.74, 6) is 2.68. The van der Waals surface area contributed by atoms with E-state index in [0.717, 1.165) is 25.6 Å². The van der Waals surface area contributed by atoms with E-state index in [0.29, 0.717) is 10.7 Å². The van der Waals surface area contributed by atoms with E-state index in [1.54, 1.807) is 0 Å². The van der Waals surface area contributed by atoms with Crippen LogP contribution in [0.4, 0.5) is 0 Å². The number of rotatable bonds is 6. The van der Waals surface area contributed by atoms with Crippen LogP contribution in [0.3, 0.4) is 0 Å². The molecule has 21 heavy (non-hydrogen) atoms. The average molecular weight is 309 g/mol. The molecular weight excluding hydrogens is 282 g/mol. The second-order valence-electron chi connectivity index (χ2n) is 6.04. The van der Waals surface area contributed by atoms with Crippen LogP contribution in [0, 0.1) is 5.92 Å². The molecule has 1 saturated heterocycles. The van der Waals surface area contributed by atoms with Crippen molar-refractivity contribution in [2.45, 2.75) is 38.0 Å². The van der Waals surface area contributed by atoms with Gasteiger partial charge in [-0.3, -0.25) is 9.67 Å². The standard InChI is InChI=1S/C15H27N5S/c1-13(11-20-8-5-7-19-20)10-17-14(16-3)18-12-15(2)6-4-9-21-15/h5,7-8,13H,4,6,9-12H2,1-3H3,(H2,16,17,18). The van der Waals surface area contributed by atoms with Crippen LogP contribution in [0.15, 0.2) is 23.5 Å². The van der Waals surface area contributed by atoms with Crippen molar-refractivity contribution >= 4 is 17.7 Å². The van der Waals surface area contributed by atoms with E-state index < -0.39 is 0 Å². The summed E-state index contributed by atoms with van der Waals surface area (Å²) in [5.41, 5.74) is 0. The molecule has 1 aliphatic rings. The fourth-order valence-corrected chi connectivity index (χ4v) is 3.78. The van der Waals surface area contributed by atoms with Crippen LogP contribution in [-0.4, -0.2) is 46.4 Å². The summed E-state index contributed by atoms with van der Waals surface area (Å²) in [7, 11) is 1.83. The van der Waals surface area contributed by atoms with Gasteiger partial charge in [0.1, 0.15) is 0 Å². The van der Waals surface area contributed by atoms with Gasteiger partial charge in [-0.1, -0.05) is 6.92 Å². The van der Waals surface area contributed by atoms with E-state index in [9.17, 15) is 0 Å². The molecule has 0 saturated carbocycles. The second kappa shape index (κ2) is 7.73. The van der Waals surface area contributed by atoms with Crippen LogP contribution in [0.25, 0.3) is 0 Å². The van der Waals surface area contributed by atoms with Crippen LogP contribution in [0.5, 0.6) is 0 Å². The zero-order valence-electron chi connectivity index (χ0n) is 13.3. The number of thioether (sulfide) groups is 1. The summed E-state index contributed by atoms with van der Waals surface area (Å²) in [5, 5.41) is 11.1. The molecule has 0 bridgehead atoms. The first-order chi connectivity index (χ1) is 10.1. The van der Waals surface area contributed by atoms with Crippen molar-refractivity contribution in [1.82, 2.24) is 20.4 Å². The lowest BCUT2D eigenvalue weighted by atomic mass is 10.1. The lowest BCUT2D eigenvalue weighted by molar-refractivity contribution is 0.442. The smallest absolute Gasteiger partial charge is 0.191 e. The van der Waals surface area contributed by atoms with E-state index in [-0.39, 0.29) is 0 Å². The highest BCUT2D eigenvalue weighted by Crippen LogP contribution is 2.36. The van der Waals surface area contributed by atoms with Gasteiger partial charge in [-0.2, -0.15) is 16.9 Å². The fourth-order valence-electron chi connectivity index (χ4n) is 2.53. The Labute approximate surface area is 132 Å². The highest BCUT2D eigenvalue weighted by Gasteiger charge is 2.29. The zero-order chi connectivity index (χ0) is 15.1. The number of nitrogens with one attached hydrogen (secondary N) is 2. The van der Waals surface area contributed by atoms with Gasteiger partial charge in [-0.25, -0.2) is 0 Å². The van der Waals surface area contributed by atoms with E-state index in [1.165, 1.54) is 18.6 Å². The minimum absolute atomic E-state index is 0.359. The Morgan fingerprint density at radius 2 is 2.38 bits per heavy atom. The van der Waals surface area contributed by atoms with Gasteiger partial charge in [0.05, 0.1) is 0 Å².